The average Bonchev–Trinajstić information content (AvgIpc) is 3.28. The van der Waals surface area contributed by atoms with Crippen molar-refractivity contribution < 1.29 is 28.0 Å². The van der Waals surface area contributed by atoms with Crippen LogP contribution in [0.2, 0.25) is 0 Å². The summed E-state index contributed by atoms with van der Waals surface area (Å²) in [6.07, 6.45) is 1.90. The maximum Gasteiger partial charge on any atom is 0.308 e. The molecule has 2 amide bonds. The van der Waals surface area contributed by atoms with Gasteiger partial charge in [-0.25, -0.2) is 4.39 Å². The zero-order chi connectivity index (χ0) is 22.2. The number of hydrazine groups is 1. The van der Waals surface area contributed by atoms with Gasteiger partial charge >= 0.3 is 5.91 Å². The van der Waals surface area contributed by atoms with Crippen LogP contribution in [0.5, 0.6) is 11.5 Å². The zero-order valence-electron chi connectivity index (χ0n) is 17.1. The molecule has 9 heteroatoms. The third kappa shape index (κ3) is 5.59. The first-order chi connectivity index (χ1) is 15.0. The van der Waals surface area contributed by atoms with E-state index in [0.29, 0.717) is 29.4 Å². The molecule has 31 heavy (non-hydrogen) atoms. The molecule has 1 aromatic heterocycles. The van der Waals surface area contributed by atoms with Crippen LogP contribution in [0, 0.1) is 5.82 Å². The van der Waals surface area contributed by atoms with Crippen LogP contribution >= 0.6 is 0 Å². The van der Waals surface area contributed by atoms with Gasteiger partial charge in [-0.15, -0.1) is 0 Å². The van der Waals surface area contributed by atoms with E-state index in [4.69, 9.17) is 14.0 Å². The summed E-state index contributed by atoms with van der Waals surface area (Å²) >= 11 is 0. The highest BCUT2D eigenvalue weighted by Crippen LogP contribution is 2.28. The number of amides is 2. The highest BCUT2D eigenvalue weighted by Gasteiger charge is 2.16. The quantitative estimate of drug-likeness (QED) is 0.419. The minimum atomic E-state index is -0.713. The number of nitrogens with one attached hydrogen (secondary N) is 2. The molecule has 162 valence electrons. The Morgan fingerprint density at radius 1 is 1.06 bits per heavy atom. The van der Waals surface area contributed by atoms with Crippen molar-refractivity contribution in [3.63, 3.8) is 0 Å². The lowest BCUT2D eigenvalue weighted by Gasteiger charge is -2.12. The van der Waals surface area contributed by atoms with Crippen molar-refractivity contribution >= 4 is 11.8 Å². The van der Waals surface area contributed by atoms with Crippen molar-refractivity contribution in [2.45, 2.75) is 19.8 Å². The number of ether oxygens (including phenoxy) is 2. The summed E-state index contributed by atoms with van der Waals surface area (Å²) in [6, 6.07) is 11.8. The number of rotatable bonds is 8. The van der Waals surface area contributed by atoms with Crippen LogP contribution in [-0.4, -0.2) is 30.7 Å². The summed E-state index contributed by atoms with van der Waals surface area (Å²) in [5.41, 5.74) is 5.56. The molecule has 3 aromatic rings. The number of carbonyl (C=O) groups excluding carboxylic acids is 2. The first kappa shape index (κ1) is 21.8. The van der Waals surface area contributed by atoms with Gasteiger partial charge in [0.2, 0.25) is 5.76 Å². The number of halogens is 1. The second kappa shape index (κ2) is 10.2. The van der Waals surface area contributed by atoms with Crippen LogP contribution in [0.3, 0.4) is 0 Å². The van der Waals surface area contributed by atoms with Crippen molar-refractivity contribution in [1.82, 2.24) is 16.0 Å². The van der Waals surface area contributed by atoms with E-state index in [9.17, 15) is 14.0 Å². The van der Waals surface area contributed by atoms with Crippen molar-refractivity contribution in [2.24, 2.45) is 0 Å². The van der Waals surface area contributed by atoms with E-state index in [2.05, 4.69) is 22.9 Å². The van der Waals surface area contributed by atoms with Gasteiger partial charge in [0.05, 0.1) is 13.7 Å². The Morgan fingerprint density at radius 3 is 2.61 bits per heavy atom. The van der Waals surface area contributed by atoms with Gasteiger partial charge in [0.25, 0.3) is 5.91 Å². The lowest BCUT2D eigenvalue weighted by Crippen LogP contribution is -2.41. The second-order valence-corrected chi connectivity index (χ2v) is 6.56. The number of carbonyl (C=O) groups is 2. The monoisotopic (exact) mass is 427 g/mol. The molecular formula is C22H22FN3O5. The summed E-state index contributed by atoms with van der Waals surface area (Å²) in [7, 11) is 1.48. The van der Waals surface area contributed by atoms with Crippen molar-refractivity contribution in [3.05, 3.63) is 65.7 Å². The lowest BCUT2D eigenvalue weighted by molar-refractivity contribution is 0.0825. The molecule has 0 saturated heterocycles. The highest BCUT2D eigenvalue weighted by molar-refractivity contribution is 5.98. The summed E-state index contributed by atoms with van der Waals surface area (Å²) in [5.74, 6) is -0.910. The Hall–Kier alpha value is -3.88. The maximum atomic E-state index is 13.3. The molecule has 0 saturated carbocycles. The fourth-order valence-electron chi connectivity index (χ4n) is 2.67. The first-order valence-electron chi connectivity index (χ1n) is 9.66. The minimum absolute atomic E-state index is 0.142. The summed E-state index contributed by atoms with van der Waals surface area (Å²) < 4.78 is 29.2. The Balaban J connectivity index is 1.61. The Morgan fingerprint density at radius 2 is 1.87 bits per heavy atom. The summed E-state index contributed by atoms with van der Waals surface area (Å²) in [5, 5.41) is 3.75. The van der Waals surface area contributed by atoms with Crippen molar-refractivity contribution in [3.8, 4) is 22.8 Å². The van der Waals surface area contributed by atoms with Crippen LogP contribution in [0.25, 0.3) is 11.3 Å². The van der Waals surface area contributed by atoms with Crippen LogP contribution in [0.15, 0.2) is 53.1 Å². The predicted molar refractivity (Wildman–Crippen MR) is 110 cm³/mol. The third-order valence-electron chi connectivity index (χ3n) is 4.33. The number of unbranched alkanes of at least 4 members (excludes halogenated alkanes) is 1. The Labute approximate surface area is 178 Å². The van der Waals surface area contributed by atoms with E-state index in [0.717, 1.165) is 12.8 Å². The summed E-state index contributed by atoms with van der Waals surface area (Å²) in [4.78, 5) is 24.6. The molecule has 0 radical (unpaired) electrons. The largest absolute Gasteiger partial charge is 0.493 e. The Bertz CT molecular complexity index is 1070. The molecule has 0 bridgehead atoms. The van der Waals surface area contributed by atoms with Gasteiger partial charge < -0.3 is 14.0 Å². The first-order valence-corrected chi connectivity index (χ1v) is 9.66. The lowest BCUT2D eigenvalue weighted by atomic mass is 10.1. The number of hydrogen-bond acceptors (Lipinski definition) is 6. The Kier molecular flexibility index (Phi) is 7.21. The SMILES string of the molecule is CCCCOc1ccc(C(=O)NNC(=O)c2cc(-c3cccc(F)c3)no2)cc1OC. The molecule has 0 aliphatic rings. The van der Waals surface area contributed by atoms with Crippen molar-refractivity contribution in [2.75, 3.05) is 13.7 Å². The molecule has 1 heterocycles. The summed E-state index contributed by atoms with van der Waals surface area (Å²) in [6.45, 7) is 2.60. The molecule has 0 unspecified atom stereocenters. The topological polar surface area (TPSA) is 103 Å². The van der Waals surface area contributed by atoms with E-state index in [1.165, 1.54) is 37.4 Å². The maximum absolute atomic E-state index is 13.3. The van der Waals surface area contributed by atoms with Gasteiger partial charge in [-0.05, 0) is 36.8 Å². The number of nitrogens with zero attached hydrogens (tertiary/aromatic N) is 1. The van der Waals surface area contributed by atoms with Crippen molar-refractivity contribution in [1.29, 1.82) is 0 Å². The molecule has 0 spiro atoms. The average molecular weight is 427 g/mol. The molecule has 0 aliphatic heterocycles. The molecule has 8 nitrogen and oxygen atoms in total. The van der Waals surface area contributed by atoms with Gasteiger partial charge in [-0.3, -0.25) is 20.4 Å². The zero-order valence-corrected chi connectivity index (χ0v) is 17.1. The van der Waals surface area contributed by atoms with Gasteiger partial charge in [-0.2, -0.15) is 0 Å². The van der Waals surface area contributed by atoms with Crippen LogP contribution in [0.1, 0.15) is 40.7 Å². The number of methoxy groups -OCH3 is 1. The van der Waals surface area contributed by atoms with Crippen LogP contribution in [0.4, 0.5) is 4.39 Å². The molecule has 0 aliphatic carbocycles. The standard InChI is InChI=1S/C22H22FN3O5/c1-3-4-10-30-18-9-8-15(12-19(18)29-2)21(27)24-25-22(28)20-13-17(26-31-20)14-6-5-7-16(23)11-14/h5-9,11-13H,3-4,10H2,1-2H3,(H,24,27)(H,25,28). The molecule has 0 atom stereocenters. The van der Waals surface area contributed by atoms with Crippen LogP contribution < -0.4 is 20.3 Å². The molecular weight excluding hydrogens is 405 g/mol. The number of aromatic nitrogens is 1. The molecule has 3 rings (SSSR count). The van der Waals surface area contributed by atoms with Gasteiger partial charge in [0, 0.05) is 17.2 Å². The number of benzene rings is 2. The van der Waals surface area contributed by atoms with Crippen LogP contribution in [-0.2, 0) is 0 Å². The van der Waals surface area contributed by atoms with E-state index in [1.807, 2.05) is 0 Å². The van der Waals surface area contributed by atoms with E-state index < -0.39 is 17.6 Å². The number of hydrogen-bond donors (Lipinski definition) is 2. The molecule has 0 fully saturated rings. The second-order valence-electron chi connectivity index (χ2n) is 6.56. The van der Waals surface area contributed by atoms with Gasteiger partial charge in [0.15, 0.2) is 11.5 Å². The minimum Gasteiger partial charge on any atom is -0.493 e. The fourth-order valence-corrected chi connectivity index (χ4v) is 2.67. The highest BCUT2D eigenvalue weighted by atomic mass is 19.1. The fraction of sp³-hybridized carbons (Fsp3) is 0.227. The normalized spacial score (nSPS) is 10.4. The molecule has 2 aromatic carbocycles. The van der Waals surface area contributed by atoms with Gasteiger partial charge in [0.1, 0.15) is 11.5 Å². The van der Waals surface area contributed by atoms with E-state index >= 15 is 0 Å². The van der Waals surface area contributed by atoms with Gasteiger partial charge in [-0.1, -0.05) is 30.6 Å². The molecule has 2 N–H and O–H groups in total. The predicted octanol–water partition coefficient (Wildman–Crippen LogP) is 3.74. The van der Waals surface area contributed by atoms with E-state index in [-0.39, 0.29) is 11.3 Å². The van der Waals surface area contributed by atoms with E-state index in [1.54, 1.807) is 18.2 Å². The smallest absolute Gasteiger partial charge is 0.308 e. The third-order valence-corrected chi connectivity index (χ3v) is 4.33.